The van der Waals surface area contributed by atoms with E-state index in [-0.39, 0.29) is 0 Å². The predicted octanol–water partition coefficient (Wildman–Crippen LogP) is 5.03. The summed E-state index contributed by atoms with van der Waals surface area (Å²) >= 11 is 17.7. The molecule has 0 bridgehead atoms. The van der Waals surface area contributed by atoms with Crippen molar-refractivity contribution in [3.05, 3.63) is 63.1 Å². The van der Waals surface area contributed by atoms with Crippen LogP contribution in [0.5, 0.6) is 5.75 Å². The van der Waals surface area contributed by atoms with Crippen LogP contribution in [-0.4, -0.2) is 0 Å². The molecular formula is C13H8Cl3O. The van der Waals surface area contributed by atoms with Crippen molar-refractivity contribution in [3.8, 4) is 5.75 Å². The van der Waals surface area contributed by atoms with Crippen molar-refractivity contribution in [1.29, 1.82) is 0 Å². The summed E-state index contributed by atoms with van der Waals surface area (Å²) in [4.78, 5) is 0. The topological polar surface area (TPSA) is 9.23 Å². The maximum atomic E-state index is 5.94. The molecular weight excluding hydrogens is 279 g/mol. The van der Waals surface area contributed by atoms with Crippen molar-refractivity contribution in [2.45, 2.75) is 6.61 Å². The Bertz CT molecular complexity index is 526. The van der Waals surface area contributed by atoms with Crippen molar-refractivity contribution in [1.82, 2.24) is 0 Å². The SMILES string of the molecule is Clc1ccc(COc2cc[c]cc2Cl)cc1Cl. The Kier molecular flexibility index (Phi) is 4.16. The molecule has 0 saturated heterocycles. The summed E-state index contributed by atoms with van der Waals surface area (Å²) in [6, 6.07) is 13.4. The second kappa shape index (κ2) is 5.63. The van der Waals surface area contributed by atoms with Gasteiger partial charge in [-0.2, -0.15) is 0 Å². The minimum atomic E-state index is 0.390. The first kappa shape index (κ1) is 12.6. The van der Waals surface area contributed by atoms with E-state index in [0.29, 0.717) is 27.4 Å². The van der Waals surface area contributed by atoms with Gasteiger partial charge in [0.1, 0.15) is 12.4 Å². The number of benzene rings is 2. The third-order valence-electron chi connectivity index (χ3n) is 2.15. The van der Waals surface area contributed by atoms with Gasteiger partial charge >= 0.3 is 0 Å². The standard InChI is InChI=1S/C13H8Cl3O/c14-10-6-5-9(7-12(10)16)8-17-13-4-2-1-3-11(13)15/h2-7H,8H2. The molecule has 0 atom stereocenters. The van der Waals surface area contributed by atoms with Crippen LogP contribution in [0.2, 0.25) is 15.1 Å². The van der Waals surface area contributed by atoms with Crippen LogP contribution in [0.3, 0.4) is 0 Å². The normalized spacial score (nSPS) is 10.3. The smallest absolute Gasteiger partial charge is 0.138 e. The Morgan fingerprint density at radius 2 is 1.82 bits per heavy atom. The molecule has 2 aromatic carbocycles. The molecule has 2 aromatic rings. The van der Waals surface area contributed by atoms with Crippen LogP contribution in [-0.2, 0) is 6.61 Å². The van der Waals surface area contributed by atoms with Gasteiger partial charge in [-0.15, -0.1) is 0 Å². The molecule has 1 radical (unpaired) electrons. The van der Waals surface area contributed by atoms with E-state index < -0.39 is 0 Å². The molecule has 0 fully saturated rings. The molecule has 0 N–H and O–H groups in total. The van der Waals surface area contributed by atoms with Gasteiger partial charge in [0.05, 0.1) is 15.1 Å². The van der Waals surface area contributed by atoms with Crippen LogP contribution in [0.4, 0.5) is 0 Å². The molecule has 0 spiro atoms. The van der Waals surface area contributed by atoms with E-state index >= 15 is 0 Å². The van der Waals surface area contributed by atoms with Crippen molar-refractivity contribution < 1.29 is 4.74 Å². The summed E-state index contributed by atoms with van der Waals surface area (Å²) in [5.41, 5.74) is 0.934. The fourth-order valence-corrected chi connectivity index (χ4v) is 1.80. The Morgan fingerprint density at radius 3 is 2.53 bits per heavy atom. The first-order valence-corrected chi connectivity index (χ1v) is 6.02. The van der Waals surface area contributed by atoms with E-state index in [0.717, 1.165) is 5.56 Å². The summed E-state index contributed by atoms with van der Waals surface area (Å²) in [6.07, 6.45) is 0. The van der Waals surface area contributed by atoms with E-state index in [2.05, 4.69) is 6.07 Å². The van der Waals surface area contributed by atoms with Gasteiger partial charge in [-0.25, -0.2) is 0 Å². The summed E-state index contributed by atoms with van der Waals surface area (Å²) in [7, 11) is 0. The van der Waals surface area contributed by atoms with Gasteiger partial charge in [0, 0.05) is 0 Å². The quantitative estimate of drug-likeness (QED) is 0.769. The van der Waals surface area contributed by atoms with Gasteiger partial charge in [-0.3, -0.25) is 0 Å². The molecule has 0 amide bonds. The van der Waals surface area contributed by atoms with E-state index in [1.165, 1.54) is 0 Å². The number of hydrogen-bond donors (Lipinski definition) is 0. The number of halogens is 3. The Balaban J connectivity index is 2.08. The van der Waals surface area contributed by atoms with Crippen molar-refractivity contribution in [2.24, 2.45) is 0 Å². The van der Waals surface area contributed by atoms with Gasteiger partial charge < -0.3 is 4.74 Å². The molecule has 0 heterocycles. The number of ether oxygens (including phenoxy) is 1. The molecule has 0 saturated carbocycles. The average molecular weight is 287 g/mol. The summed E-state index contributed by atoms with van der Waals surface area (Å²) < 4.78 is 5.56. The highest BCUT2D eigenvalue weighted by atomic mass is 35.5. The van der Waals surface area contributed by atoms with Crippen molar-refractivity contribution in [2.75, 3.05) is 0 Å². The highest BCUT2D eigenvalue weighted by Gasteiger charge is 2.03. The highest BCUT2D eigenvalue weighted by molar-refractivity contribution is 6.42. The van der Waals surface area contributed by atoms with E-state index in [1.54, 1.807) is 30.3 Å². The predicted molar refractivity (Wildman–Crippen MR) is 71.1 cm³/mol. The second-order valence-electron chi connectivity index (χ2n) is 3.39. The van der Waals surface area contributed by atoms with Crippen LogP contribution >= 0.6 is 34.8 Å². The third-order valence-corrected chi connectivity index (χ3v) is 3.19. The first-order chi connectivity index (χ1) is 8.16. The van der Waals surface area contributed by atoms with Crippen molar-refractivity contribution in [3.63, 3.8) is 0 Å². The molecule has 0 aliphatic rings. The van der Waals surface area contributed by atoms with Crippen LogP contribution in [0.1, 0.15) is 5.56 Å². The molecule has 0 aromatic heterocycles. The lowest BCUT2D eigenvalue weighted by atomic mass is 10.2. The van der Waals surface area contributed by atoms with Gasteiger partial charge in [-0.05, 0) is 35.9 Å². The molecule has 0 aliphatic heterocycles. The lowest BCUT2D eigenvalue weighted by Gasteiger charge is -2.08. The van der Waals surface area contributed by atoms with Crippen LogP contribution in [0.25, 0.3) is 0 Å². The fraction of sp³-hybridized carbons (Fsp3) is 0.0769. The third kappa shape index (κ3) is 3.29. The lowest BCUT2D eigenvalue weighted by molar-refractivity contribution is 0.306. The largest absolute Gasteiger partial charge is 0.487 e. The molecule has 1 nitrogen and oxygen atoms in total. The molecule has 2 rings (SSSR count). The maximum Gasteiger partial charge on any atom is 0.138 e. The van der Waals surface area contributed by atoms with E-state index in [1.807, 2.05) is 6.07 Å². The van der Waals surface area contributed by atoms with Gasteiger partial charge in [0.2, 0.25) is 0 Å². The van der Waals surface area contributed by atoms with Crippen LogP contribution in [0, 0.1) is 6.07 Å². The molecule has 4 heteroatoms. The molecule has 0 aliphatic carbocycles. The van der Waals surface area contributed by atoms with E-state index in [4.69, 9.17) is 39.5 Å². The Hall–Kier alpha value is -0.890. The summed E-state index contributed by atoms with van der Waals surface area (Å²) in [6.45, 7) is 0.390. The Labute approximate surface area is 115 Å². The minimum absolute atomic E-state index is 0.390. The van der Waals surface area contributed by atoms with Crippen LogP contribution in [0.15, 0.2) is 36.4 Å². The number of rotatable bonds is 3. The van der Waals surface area contributed by atoms with Crippen LogP contribution < -0.4 is 4.74 Å². The first-order valence-electron chi connectivity index (χ1n) is 4.89. The molecule has 0 unspecified atom stereocenters. The molecule has 87 valence electrons. The summed E-state index contributed by atoms with van der Waals surface area (Å²) in [5.74, 6) is 0.622. The zero-order valence-corrected chi connectivity index (χ0v) is 11.0. The van der Waals surface area contributed by atoms with E-state index in [9.17, 15) is 0 Å². The van der Waals surface area contributed by atoms with Gasteiger partial charge in [-0.1, -0.05) is 46.9 Å². The molecule has 17 heavy (non-hydrogen) atoms. The van der Waals surface area contributed by atoms with Gasteiger partial charge in [0.25, 0.3) is 0 Å². The van der Waals surface area contributed by atoms with Gasteiger partial charge in [0.15, 0.2) is 0 Å². The monoisotopic (exact) mass is 285 g/mol. The second-order valence-corrected chi connectivity index (χ2v) is 4.62. The zero-order valence-electron chi connectivity index (χ0n) is 8.71. The zero-order chi connectivity index (χ0) is 12.3. The lowest BCUT2D eigenvalue weighted by Crippen LogP contribution is -1.95. The highest BCUT2D eigenvalue weighted by Crippen LogP contribution is 2.26. The maximum absolute atomic E-state index is 5.94. The number of hydrogen-bond acceptors (Lipinski definition) is 1. The Morgan fingerprint density at radius 1 is 1.00 bits per heavy atom. The fourth-order valence-electron chi connectivity index (χ4n) is 1.30. The van der Waals surface area contributed by atoms with Crippen molar-refractivity contribution >= 4 is 34.8 Å². The average Bonchev–Trinajstić information content (AvgIpc) is 2.32. The summed E-state index contributed by atoms with van der Waals surface area (Å²) in [5, 5.41) is 1.58. The minimum Gasteiger partial charge on any atom is -0.487 e.